The van der Waals surface area contributed by atoms with Gasteiger partial charge in [-0.15, -0.1) is 0 Å². The molecule has 0 aromatic heterocycles. The van der Waals surface area contributed by atoms with Gasteiger partial charge in [0.25, 0.3) is 0 Å². The fourth-order valence-corrected chi connectivity index (χ4v) is 4.02. The van der Waals surface area contributed by atoms with E-state index in [1.165, 1.54) is 17.5 Å². The summed E-state index contributed by atoms with van der Waals surface area (Å²) < 4.78 is 37.3. The monoisotopic (exact) mass is 316 g/mol. The first-order valence-electron chi connectivity index (χ1n) is 6.56. The van der Waals surface area contributed by atoms with Gasteiger partial charge in [-0.1, -0.05) is 0 Å². The maximum atomic E-state index is 12.8. The molecule has 0 aliphatic carbocycles. The Hall–Kier alpha value is -1.35. The molecule has 1 unspecified atom stereocenters. The van der Waals surface area contributed by atoms with Crippen molar-refractivity contribution in [3.63, 3.8) is 0 Å². The van der Waals surface area contributed by atoms with Crippen LogP contribution in [0.4, 0.5) is 5.69 Å². The minimum Gasteiger partial charge on any atom is -0.495 e. The molecule has 2 rings (SSSR count). The van der Waals surface area contributed by atoms with Gasteiger partial charge >= 0.3 is 0 Å². The van der Waals surface area contributed by atoms with Crippen molar-refractivity contribution in [2.24, 2.45) is 0 Å². The summed E-state index contributed by atoms with van der Waals surface area (Å²) in [6, 6.07) is 2.39. The number of nitrogens with zero attached hydrogens (tertiary/aromatic N) is 1. The normalized spacial score (nSPS) is 20.4. The van der Waals surface area contributed by atoms with E-state index in [0.717, 1.165) is 5.56 Å². The third-order valence-corrected chi connectivity index (χ3v) is 5.50. The van der Waals surface area contributed by atoms with Crippen LogP contribution in [0.5, 0.6) is 5.75 Å². The van der Waals surface area contributed by atoms with Gasteiger partial charge in [-0.25, -0.2) is 8.42 Å². The number of hydrogen-bond acceptors (Lipinski definition) is 6. The molecule has 1 atom stereocenters. The Balaban J connectivity index is 2.50. The standard InChI is InChI=1S/C13H20N2O5S/c1-9-5-12(19-2)13(6-11(9)14)21(17,18)15-3-4-20-8-10(15)7-16/h5-6,10,16H,3-4,7-8,14H2,1-2H3. The van der Waals surface area contributed by atoms with Gasteiger partial charge in [-0.3, -0.25) is 0 Å². The van der Waals surface area contributed by atoms with Gasteiger partial charge in [0.2, 0.25) is 10.0 Å². The van der Waals surface area contributed by atoms with E-state index in [2.05, 4.69) is 0 Å². The largest absolute Gasteiger partial charge is 0.495 e. The third-order valence-electron chi connectivity index (χ3n) is 3.52. The van der Waals surface area contributed by atoms with Crippen LogP contribution in [0.1, 0.15) is 5.56 Å². The highest BCUT2D eigenvalue weighted by Crippen LogP contribution is 2.32. The maximum Gasteiger partial charge on any atom is 0.247 e. The van der Waals surface area contributed by atoms with Crippen LogP contribution in [-0.2, 0) is 14.8 Å². The predicted octanol–water partition coefficient (Wildman–Crippen LogP) is -0.0324. The first-order valence-corrected chi connectivity index (χ1v) is 8.00. The number of sulfonamides is 1. The number of nitrogens with two attached hydrogens (primary N) is 1. The first kappa shape index (κ1) is 16.0. The minimum absolute atomic E-state index is 0.00782. The van der Waals surface area contributed by atoms with Crippen molar-refractivity contribution < 1.29 is 23.0 Å². The van der Waals surface area contributed by atoms with Gasteiger partial charge in [0.05, 0.1) is 33.0 Å². The van der Waals surface area contributed by atoms with Crippen molar-refractivity contribution in [3.05, 3.63) is 17.7 Å². The molecular formula is C13H20N2O5S. The molecule has 1 saturated heterocycles. The average Bonchev–Trinajstić information content (AvgIpc) is 2.49. The summed E-state index contributed by atoms with van der Waals surface area (Å²) in [6.45, 7) is 2.12. The number of anilines is 1. The molecule has 1 aromatic rings. The number of ether oxygens (including phenoxy) is 2. The Morgan fingerprint density at radius 3 is 2.86 bits per heavy atom. The van der Waals surface area contributed by atoms with Gasteiger partial charge in [0.15, 0.2) is 0 Å². The van der Waals surface area contributed by atoms with Crippen LogP contribution in [0.15, 0.2) is 17.0 Å². The minimum atomic E-state index is -3.82. The molecule has 0 radical (unpaired) electrons. The van der Waals surface area contributed by atoms with Crippen molar-refractivity contribution >= 4 is 15.7 Å². The molecule has 21 heavy (non-hydrogen) atoms. The number of morpholine rings is 1. The molecule has 1 heterocycles. The van der Waals surface area contributed by atoms with Crippen LogP contribution in [0.3, 0.4) is 0 Å². The predicted molar refractivity (Wildman–Crippen MR) is 77.7 cm³/mol. The second-order valence-corrected chi connectivity index (χ2v) is 6.75. The molecule has 7 nitrogen and oxygen atoms in total. The lowest BCUT2D eigenvalue weighted by atomic mass is 10.2. The van der Waals surface area contributed by atoms with Crippen LogP contribution < -0.4 is 10.5 Å². The van der Waals surface area contributed by atoms with Crippen LogP contribution in [0.25, 0.3) is 0 Å². The van der Waals surface area contributed by atoms with E-state index in [1.54, 1.807) is 13.0 Å². The molecule has 0 saturated carbocycles. The SMILES string of the molecule is COc1cc(C)c(N)cc1S(=O)(=O)N1CCOCC1CO. The summed E-state index contributed by atoms with van der Waals surface area (Å²) in [4.78, 5) is 0.00782. The van der Waals surface area contributed by atoms with Gasteiger partial charge in [-0.05, 0) is 24.6 Å². The van der Waals surface area contributed by atoms with Crippen molar-refractivity contribution in [2.45, 2.75) is 17.9 Å². The van der Waals surface area contributed by atoms with Gasteiger partial charge in [-0.2, -0.15) is 4.31 Å². The van der Waals surface area contributed by atoms with Crippen molar-refractivity contribution in [3.8, 4) is 5.75 Å². The smallest absolute Gasteiger partial charge is 0.247 e. The van der Waals surface area contributed by atoms with Gasteiger partial charge in [0, 0.05) is 12.2 Å². The van der Waals surface area contributed by atoms with Crippen molar-refractivity contribution in [1.82, 2.24) is 4.31 Å². The van der Waals surface area contributed by atoms with E-state index in [4.69, 9.17) is 15.2 Å². The van der Waals surface area contributed by atoms with E-state index < -0.39 is 16.1 Å². The van der Waals surface area contributed by atoms with Crippen LogP contribution in [0.2, 0.25) is 0 Å². The number of aliphatic hydroxyl groups excluding tert-OH is 1. The Labute approximate surface area is 124 Å². The molecule has 0 bridgehead atoms. The lowest BCUT2D eigenvalue weighted by Gasteiger charge is -2.33. The zero-order valence-corrected chi connectivity index (χ0v) is 12.9. The number of hydrogen-bond donors (Lipinski definition) is 2. The van der Waals surface area contributed by atoms with E-state index >= 15 is 0 Å². The van der Waals surface area contributed by atoms with Crippen LogP contribution in [0, 0.1) is 6.92 Å². The number of aliphatic hydroxyl groups is 1. The highest BCUT2D eigenvalue weighted by Gasteiger charge is 2.35. The van der Waals surface area contributed by atoms with Crippen molar-refractivity contribution in [2.75, 3.05) is 39.2 Å². The van der Waals surface area contributed by atoms with E-state index in [-0.39, 0.29) is 30.4 Å². The molecule has 0 spiro atoms. The summed E-state index contributed by atoms with van der Waals surface area (Å²) in [5, 5.41) is 9.35. The van der Waals surface area contributed by atoms with E-state index in [1.807, 2.05) is 0 Å². The number of methoxy groups -OCH3 is 1. The van der Waals surface area contributed by atoms with E-state index in [0.29, 0.717) is 12.3 Å². The Bertz CT molecular complexity index is 617. The van der Waals surface area contributed by atoms with Crippen molar-refractivity contribution in [1.29, 1.82) is 0 Å². The number of nitrogen functional groups attached to an aromatic ring is 1. The summed E-state index contributed by atoms with van der Waals surface area (Å²) in [5.41, 5.74) is 6.95. The summed E-state index contributed by atoms with van der Waals surface area (Å²) in [6.07, 6.45) is 0. The molecule has 1 fully saturated rings. The fourth-order valence-electron chi connectivity index (χ4n) is 2.26. The number of benzene rings is 1. The quantitative estimate of drug-likeness (QED) is 0.756. The molecule has 1 aliphatic heterocycles. The van der Waals surface area contributed by atoms with Gasteiger partial charge in [0.1, 0.15) is 10.6 Å². The van der Waals surface area contributed by atoms with E-state index in [9.17, 15) is 13.5 Å². The fraction of sp³-hybridized carbons (Fsp3) is 0.538. The first-order chi connectivity index (χ1) is 9.91. The Kier molecular flexibility index (Phi) is 4.72. The average molecular weight is 316 g/mol. The molecule has 118 valence electrons. The molecular weight excluding hydrogens is 296 g/mol. The van der Waals surface area contributed by atoms with Crippen LogP contribution >= 0.6 is 0 Å². The molecule has 8 heteroatoms. The molecule has 1 aliphatic rings. The Morgan fingerprint density at radius 2 is 2.24 bits per heavy atom. The topological polar surface area (TPSA) is 102 Å². The second kappa shape index (κ2) is 6.18. The summed E-state index contributed by atoms with van der Waals surface area (Å²) in [7, 11) is -2.41. The second-order valence-electron chi connectivity index (χ2n) is 4.89. The van der Waals surface area contributed by atoms with Gasteiger partial charge < -0.3 is 20.3 Å². The van der Waals surface area contributed by atoms with Crippen LogP contribution in [-0.4, -0.2) is 57.3 Å². The molecule has 1 aromatic carbocycles. The Morgan fingerprint density at radius 1 is 1.52 bits per heavy atom. The summed E-state index contributed by atoms with van der Waals surface area (Å²) in [5.74, 6) is 0.241. The molecule has 0 amide bonds. The zero-order valence-electron chi connectivity index (χ0n) is 12.1. The molecule has 3 N–H and O–H groups in total. The number of aryl methyl sites for hydroxylation is 1. The number of rotatable bonds is 4. The third kappa shape index (κ3) is 2.98. The summed E-state index contributed by atoms with van der Waals surface area (Å²) >= 11 is 0. The lowest BCUT2D eigenvalue weighted by Crippen LogP contribution is -2.50. The lowest BCUT2D eigenvalue weighted by molar-refractivity contribution is 0.0108. The zero-order chi connectivity index (χ0) is 15.6. The maximum absolute atomic E-state index is 12.8. The highest BCUT2D eigenvalue weighted by atomic mass is 32.2. The highest BCUT2D eigenvalue weighted by molar-refractivity contribution is 7.89.